The molecule has 56 heavy (non-hydrogen) atoms. The monoisotopic (exact) mass is 794 g/mol. The lowest BCUT2D eigenvalue weighted by molar-refractivity contribution is 0.0181. The zero-order valence-electron chi connectivity index (χ0n) is 34.4. The maximum Gasteiger partial charge on any atom is 0.119 e. The maximum atomic E-state index is 12.2. The van der Waals surface area contributed by atoms with Crippen LogP contribution in [0.5, 0.6) is 11.5 Å². The zero-order valence-corrected chi connectivity index (χ0v) is 36.0. The van der Waals surface area contributed by atoms with E-state index >= 15 is 0 Å². The number of rotatable bonds is 19. The average molecular weight is 795 g/mol. The average Bonchev–Trinajstić information content (AvgIpc) is 3.44. The Labute approximate surface area is 346 Å². The summed E-state index contributed by atoms with van der Waals surface area (Å²) in [6, 6.07) is 34.3. The van der Waals surface area contributed by atoms with Gasteiger partial charge in [-0.05, 0) is 110 Å². The molecule has 4 aromatic rings. The molecule has 0 spiro atoms. The SMILES string of the molecule is CCCC[C@@]1(CC)CSc2ccc(OCCCCCCOc3ccc4c(c3)[C@H](c3ccccc3)[C@H](O)[C@](CC)(CCCC)CS4)cc2[C@@H](c2ccccc2)[C@H]1O. The van der Waals surface area contributed by atoms with Gasteiger partial charge in [-0.2, -0.15) is 0 Å². The Morgan fingerprint density at radius 1 is 0.536 bits per heavy atom. The van der Waals surface area contributed by atoms with E-state index in [-0.39, 0.29) is 22.7 Å². The van der Waals surface area contributed by atoms with Crippen LogP contribution in [0.3, 0.4) is 0 Å². The molecule has 0 unspecified atom stereocenters. The van der Waals surface area contributed by atoms with E-state index in [1.165, 1.54) is 32.0 Å². The number of aliphatic hydroxyl groups is 2. The van der Waals surface area contributed by atoms with E-state index in [2.05, 4.69) is 125 Å². The van der Waals surface area contributed by atoms with Crippen molar-refractivity contribution in [2.24, 2.45) is 10.8 Å². The molecule has 0 bridgehead atoms. The van der Waals surface area contributed by atoms with Gasteiger partial charge in [-0.15, -0.1) is 23.5 Å². The van der Waals surface area contributed by atoms with Crippen LogP contribution in [0, 0.1) is 10.8 Å². The number of fused-ring (bicyclic) bond motifs is 2. The Hall–Kier alpha value is -2.90. The van der Waals surface area contributed by atoms with Gasteiger partial charge < -0.3 is 19.7 Å². The van der Waals surface area contributed by atoms with E-state index in [4.69, 9.17) is 9.47 Å². The molecule has 0 amide bonds. The van der Waals surface area contributed by atoms with Crippen molar-refractivity contribution >= 4 is 23.5 Å². The van der Waals surface area contributed by atoms with E-state index in [1.54, 1.807) is 0 Å². The van der Waals surface area contributed by atoms with Crippen LogP contribution in [-0.4, -0.2) is 47.1 Å². The Morgan fingerprint density at radius 3 is 1.32 bits per heavy atom. The number of aliphatic hydroxyl groups excluding tert-OH is 2. The lowest BCUT2D eigenvalue weighted by Crippen LogP contribution is -2.40. The Morgan fingerprint density at radius 2 is 0.946 bits per heavy atom. The highest BCUT2D eigenvalue weighted by atomic mass is 32.2. The van der Waals surface area contributed by atoms with E-state index in [0.717, 1.165) is 100 Å². The molecule has 2 heterocycles. The van der Waals surface area contributed by atoms with Crippen molar-refractivity contribution in [3.05, 3.63) is 119 Å². The number of ether oxygens (including phenoxy) is 2. The third-order valence-corrected chi connectivity index (χ3v) is 15.7. The summed E-state index contributed by atoms with van der Waals surface area (Å²) in [5.41, 5.74) is 4.50. The summed E-state index contributed by atoms with van der Waals surface area (Å²) in [6.07, 6.45) is 11.8. The van der Waals surface area contributed by atoms with E-state index in [9.17, 15) is 10.2 Å². The first kappa shape index (κ1) is 42.7. The summed E-state index contributed by atoms with van der Waals surface area (Å²) in [5.74, 6) is 3.49. The van der Waals surface area contributed by atoms with Crippen LogP contribution in [0.2, 0.25) is 0 Å². The number of thioether (sulfide) groups is 2. The molecule has 6 heteroatoms. The molecule has 4 nitrogen and oxygen atoms in total. The summed E-state index contributed by atoms with van der Waals surface area (Å²) in [6.45, 7) is 10.3. The van der Waals surface area contributed by atoms with Gasteiger partial charge in [0.15, 0.2) is 0 Å². The second-order valence-corrected chi connectivity index (χ2v) is 18.4. The number of benzene rings is 4. The van der Waals surface area contributed by atoms with E-state index < -0.39 is 12.2 Å². The van der Waals surface area contributed by atoms with Crippen LogP contribution in [0.1, 0.15) is 139 Å². The molecule has 2 N–H and O–H groups in total. The highest BCUT2D eigenvalue weighted by Crippen LogP contribution is 2.53. The molecule has 6 atom stereocenters. The third-order valence-electron chi connectivity index (χ3n) is 12.9. The molecule has 0 saturated heterocycles. The minimum absolute atomic E-state index is 0.0788. The van der Waals surface area contributed by atoms with Gasteiger partial charge in [-0.1, -0.05) is 114 Å². The van der Waals surface area contributed by atoms with Gasteiger partial charge in [0.1, 0.15) is 11.5 Å². The van der Waals surface area contributed by atoms with Gasteiger partial charge in [0.2, 0.25) is 0 Å². The molecular weight excluding hydrogens is 729 g/mol. The van der Waals surface area contributed by atoms with Gasteiger partial charge in [0, 0.05) is 44.0 Å². The quantitative estimate of drug-likeness (QED) is 0.0922. The summed E-state index contributed by atoms with van der Waals surface area (Å²) >= 11 is 3.82. The van der Waals surface area contributed by atoms with Crippen LogP contribution >= 0.6 is 23.5 Å². The van der Waals surface area contributed by atoms with Crippen molar-refractivity contribution in [2.75, 3.05) is 24.7 Å². The summed E-state index contributed by atoms with van der Waals surface area (Å²) in [4.78, 5) is 2.52. The summed E-state index contributed by atoms with van der Waals surface area (Å²) in [5, 5.41) is 24.4. The summed E-state index contributed by atoms with van der Waals surface area (Å²) < 4.78 is 12.7. The topological polar surface area (TPSA) is 58.9 Å². The van der Waals surface area contributed by atoms with Crippen LogP contribution in [0.4, 0.5) is 0 Å². The highest BCUT2D eigenvalue weighted by molar-refractivity contribution is 7.99. The van der Waals surface area contributed by atoms with Crippen molar-refractivity contribution in [3.63, 3.8) is 0 Å². The molecule has 0 aromatic heterocycles. The Bertz CT molecular complexity index is 1650. The normalized spacial score (nSPS) is 24.8. The molecule has 0 radical (unpaired) electrons. The Balaban J connectivity index is 1.03. The van der Waals surface area contributed by atoms with Gasteiger partial charge in [-0.3, -0.25) is 0 Å². The molecular formula is C50H66O4S2. The molecule has 6 rings (SSSR count). The fourth-order valence-corrected chi connectivity index (χ4v) is 12.1. The lowest BCUT2D eigenvalue weighted by atomic mass is 9.69. The first-order valence-electron chi connectivity index (χ1n) is 21.6. The van der Waals surface area contributed by atoms with Crippen molar-refractivity contribution in [3.8, 4) is 11.5 Å². The smallest absolute Gasteiger partial charge is 0.119 e. The molecule has 0 fully saturated rings. The van der Waals surface area contributed by atoms with Crippen molar-refractivity contribution in [1.82, 2.24) is 0 Å². The third kappa shape index (κ3) is 9.85. The number of hydrogen-bond donors (Lipinski definition) is 2. The standard InChI is InChI=1S/C50H66O4S2/c1-5-9-29-49(7-3)35-55-43-27-25-39(33-41(43)45(47(49)51)37-21-15-13-16-22-37)53-31-19-11-12-20-32-54-40-26-28-44-42(34-40)46(38-23-17-14-18-24-38)48(52)50(8-4,36-56-44)30-10-6-2/h13-18,21-28,33-34,45-48,51-52H,5-12,19-20,29-32,35-36H2,1-4H3/t45-,46+,47-,48+,49+,50-. The predicted octanol–water partition coefficient (Wildman–Crippen LogP) is 13.1. The van der Waals surface area contributed by atoms with E-state index in [1.807, 2.05) is 23.5 Å². The highest BCUT2D eigenvalue weighted by Gasteiger charge is 2.46. The van der Waals surface area contributed by atoms with Crippen LogP contribution in [0.25, 0.3) is 0 Å². The van der Waals surface area contributed by atoms with Gasteiger partial charge in [0.25, 0.3) is 0 Å². The number of hydrogen-bond acceptors (Lipinski definition) is 6. The van der Waals surface area contributed by atoms with E-state index in [0.29, 0.717) is 13.2 Å². The Kier molecular flexibility index (Phi) is 15.8. The second-order valence-electron chi connectivity index (χ2n) is 16.4. The lowest BCUT2D eigenvalue weighted by Gasteiger charge is -2.39. The van der Waals surface area contributed by atoms with Crippen molar-refractivity contribution in [2.45, 2.75) is 139 Å². The second kappa shape index (κ2) is 20.7. The minimum Gasteiger partial charge on any atom is -0.494 e. The van der Waals surface area contributed by atoms with Gasteiger partial charge in [0.05, 0.1) is 25.4 Å². The maximum absolute atomic E-state index is 12.2. The molecule has 2 aliphatic heterocycles. The summed E-state index contributed by atoms with van der Waals surface area (Å²) in [7, 11) is 0. The number of unbranched alkanes of at least 4 members (excludes halogenated alkanes) is 5. The molecule has 4 aromatic carbocycles. The predicted molar refractivity (Wildman–Crippen MR) is 237 cm³/mol. The first-order valence-corrected chi connectivity index (χ1v) is 23.6. The minimum atomic E-state index is -0.453. The van der Waals surface area contributed by atoms with Gasteiger partial charge >= 0.3 is 0 Å². The largest absolute Gasteiger partial charge is 0.494 e. The molecule has 302 valence electrons. The van der Waals surface area contributed by atoms with Crippen LogP contribution < -0.4 is 9.47 Å². The molecule has 0 saturated carbocycles. The van der Waals surface area contributed by atoms with Gasteiger partial charge in [-0.25, -0.2) is 0 Å². The van der Waals surface area contributed by atoms with Crippen molar-refractivity contribution in [1.29, 1.82) is 0 Å². The fraction of sp³-hybridized carbons (Fsp3) is 0.520. The fourth-order valence-electron chi connectivity index (χ4n) is 9.10. The van der Waals surface area contributed by atoms with Crippen LogP contribution in [0.15, 0.2) is 107 Å². The molecule has 2 aliphatic rings. The molecule has 0 aliphatic carbocycles. The zero-order chi connectivity index (χ0) is 39.4. The first-order chi connectivity index (χ1) is 27.4. The van der Waals surface area contributed by atoms with Crippen LogP contribution in [-0.2, 0) is 0 Å². The van der Waals surface area contributed by atoms with Crippen molar-refractivity contribution < 1.29 is 19.7 Å².